The Hall–Kier alpha value is -1.76. The Kier molecular flexibility index (Phi) is 2.95. The molecule has 0 aliphatic carbocycles. The predicted molar refractivity (Wildman–Crippen MR) is 67.6 cm³/mol. The highest BCUT2D eigenvalue weighted by molar-refractivity contribution is 5.65. The Morgan fingerprint density at radius 3 is 2.19 bits per heavy atom. The van der Waals surface area contributed by atoms with Gasteiger partial charge in [0.15, 0.2) is 0 Å². The lowest BCUT2D eigenvalue weighted by Crippen LogP contribution is -1.89. The van der Waals surface area contributed by atoms with Crippen LogP contribution in [0.3, 0.4) is 0 Å². The average Bonchev–Trinajstić information content (AvgIpc) is 2.30. The van der Waals surface area contributed by atoms with E-state index in [0.717, 1.165) is 11.1 Å². The van der Waals surface area contributed by atoms with Crippen molar-refractivity contribution >= 4 is 0 Å². The van der Waals surface area contributed by atoms with Gasteiger partial charge in [-0.2, -0.15) is 0 Å². The van der Waals surface area contributed by atoms with Crippen LogP contribution in [0.1, 0.15) is 25.3 Å². The lowest BCUT2D eigenvalue weighted by Gasteiger charge is -2.10. The Morgan fingerprint density at radius 1 is 0.875 bits per heavy atom. The normalized spacial score (nSPS) is 10.7. The first-order chi connectivity index (χ1) is 7.68. The van der Waals surface area contributed by atoms with Crippen molar-refractivity contribution in [2.45, 2.75) is 19.8 Å². The standard InChI is InChI=1S/C15H16O/c1-11(2)14-10-13(8-9-15(14)16)12-6-4-3-5-7-12/h3-11,16H,1-2H3. The van der Waals surface area contributed by atoms with Gasteiger partial charge in [0.05, 0.1) is 0 Å². The number of benzene rings is 2. The minimum atomic E-state index is 0.337. The second kappa shape index (κ2) is 4.40. The van der Waals surface area contributed by atoms with Crippen LogP contribution in [0.25, 0.3) is 11.1 Å². The Bertz CT molecular complexity index is 472. The summed E-state index contributed by atoms with van der Waals surface area (Å²) in [4.78, 5) is 0. The monoisotopic (exact) mass is 212 g/mol. The molecule has 82 valence electrons. The number of hydrogen-bond acceptors (Lipinski definition) is 1. The fraction of sp³-hybridized carbons (Fsp3) is 0.200. The Morgan fingerprint density at radius 2 is 1.56 bits per heavy atom. The zero-order chi connectivity index (χ0) is 11.5. The molecular weight excluding hydrogens is 196 g/mol. The highest BCUT2D eigenvalue weighted by Gasteiger charge is 2.07. The first-order valence-electron chi connectivity index (χ1n) is 5.57. The topological polar surface area (TPSA) is 20.2 Å². The van der Waals surface area contributed by atoms with Crippen LogP contribution in [0.2, 0.25) is 0 Å². The first-order valence-corrected chi connectivity index (χ1v) is 5.57. The molecule has 0 bridgehead atoms. The lowest BCUT2D eigenvalue weighted by molar-refractivity contribution is 0.465. The molecule has 2 aromatic carbocycles. The molecule has 0 atom stereocenters. The molecular formula is C15H16O. The van der Waals surface area contributed by atoms with Crippen molar-refractivity contribution in [3.05, 3.63) is 54.1 Å². The van der Waals surface area contributed by atoms with Crippen LogP contribution in [0, 0.1) is 0 Å². The van der Waals surface area contributed by atoms with E-state index in [1.807, 2.05) is 24.3 Å². The second-order valence-corrected chi connectivity index (χ2v) is 4.29. The number of aromatic hydroxyl groups is 1. The molecule has 0 aliphatic heterocycles. The SMILES string of the molecule is CC(C)c1cc(-c2ccccc2)ccc1O. The van der Waals surface area contributed by atoms with Gasteiger partial charge < -0.3 is 5.11 Å². The van der Waals surface area contributed by atoms with E-state index < -0.39 is 0 Å². The van der Waals surface area contributed by atoms with Crippen molar-refractivity contribution in [3.63, 3.8) is 0 Å². The number of rotatable bonds is 2. The van der Waals surface area contributed by atoms with E-state index in [1.165, 1.54) is 5.56 Å². The summed E-state index contributed by atoms with van der Waals surface area (Å²) in [5.74, 6) is 0.721. The maximum absolute atomic E-state index is 9.75. The summed E-state index contributed by atoms with van der Waals surface area (Å²) in [5.41, 5.74) is 3.34. The van der Waals surface area contributed by atoms with Gasteiger partial charge in [0, 0.05) is 0 Å². The van der Waals surface area contributed by atoms with E-state index in [1.54, 1.807) is 6.07 Å². The second-order valence-electron chi connectivity index (χ2n) is 4.29. The molecule has 0 radical (unpaired) electrons. The largest absolute Gasteiger partial charge is 0.508 e. The Balaban J connectivity index is 2.48. The van der Waals surface area contributed by atoms with E-state index >= 15 is 0 Å². The van der Waals surface area contributed by atoms with Gasteiger partial charge in [0.25, 0.3) is 0 Å². The summed E-state index contributed by atoms with van der Waals surface area (Å²) in [6, 6.07) is 16.0. The van der Waals surface area contributed by atoms with E-state index in [9.17, 15) is 5.11 Å². The van der Waals surface area contributed by atoms with Crippen molar-refractivity contribution in [1.29, 1.82) is 0 Å². The number of hydrogen-bond donors (Lipinski definition) is 1. The van der Waals surface area contributed by atoms with Crippen molar-refractivity contribution < 1.29 is 5.11 Å². The van der Waals surface area contributed by atoms with Gasteiger partial charge >= 0.3 is 0 Å². The van der Waals surface area contributed by atoms with Gasteiger partial charge in [-0.1, -0.05) is 50.2 Å². The molecule has 0 amide bonds. The summed E-state index contributed by atoms with van der Waals surface area (Å²) in [6.45, 7) is 4.17. The maximum atomic E-state index is 9.75. The fourth-order valence-corrected chi connectivity index (χ4v) is 1.83. The van der Waals surface area contributed by atoms with E-state index in [-0.39, 0.29) is 0 Å². The van der Waals surface area contributed by atoms with Crippen LogP contribution in [-0.4, -0.2) is 5.11 Å². The van der Waals surface area contributed by atoms with Crippen LogP contribution in [-0.2, 0) is 0 Å². The summed E-state index contributed by atoms with van der Waals surface area (Å²) < 4.78 is 0. The molecule has 0 heterocycles. The van der Waals surface area contributed by atoms with Crippen LogP contribution >= 0.6 is 0 Å². The van der Waals surface area contributed by atoms with E-state index in [2.05, 4.69) is 32.0 Å². The molecule has 2 rings (SSSR count). The number of phenolic OH excluding ortho intramolecular Hbond substituents is 1. The molecule has 1 heteroatoms. The van der Waals surface area contributed by atoms with Gasteiger partial charge in [-0.05, 0) is 34.7 Å². The Labute approximate surface area is 96.4 Å². The van der Waals surface area contributed by atoms with Crippen LogP contribution < -0.4 is 0 Å². The fourth-order valence-electron chi connectivity index (χ4n) is 1.83. The van der Waals surface area contributed by atoms with Gasteiger partial charge in [0.1, 0.15) is 5.75 Å². The molecule has 0 aromatic heterocycles. The summed E-state index contributed by atoms with van der Waals surface area (Å²) in [5, 5.41) is 9.75. The van der Waals surface area contributed by atoms with Crippen LogP contribution in [0.15, 0.2) is 48.5 Å². The van der Waals surface area contributed by atoms with Gasteiger partial charge in [-0.3, -0.25) is 0 Å². The van der Waals surface area contributed by atoms with Crippen molar-refractivity contribution in [1.82, 2.24) is 0 Å². The zero-order valence-corrected chi connectivity index (χ0v) is 9.64. The molecule has 16 heavy (non-hydrogen) atoms. The molecule has 0 saturated carbocycles. The third-order valence-corrected chi connectivity index (χ3v) is 2.76. The molecule has 0 saturated heterocycles. The zero-order valence-electron chi connectivity index (χ0n) is 9.64. The van der Waals surface area contributed by atoms with E-state index in [0.29, 0.717) is 11.7 Å². The molecule has 2 aromatic rings. The highest BCUT2D eigenvalue weighted by atomic mass is 16.3. The minimum Gasteiger partial charge on any atom is -0.508 e. The molecule has 0 aliphatic rings. The lowest BCUT2D eigenvalue weighted by atomic mass is 9.96. The summed E-state index contributed by atoms with van der Waals surface area (Å²) in [6.07, 6.45) is 0. The molecule has 1 N–H and O–H groups in total. The predicted octanol–water partition coefficient (Wildman–Crippen LogP) is 4.18. The molecule has 0 spiro atoms. The average molecular weight is 212 g/mol. The third kappa shape index (κ3) is 2.08. The van der Waals surface area contributed by atoms with Crippen molar-refractivity contribution in [2.24, 2.45) is 0 Å². The summed E-state index contributed by atoms with van der Waals surface area (Å²) in [7, 11) is 0. The quantitative estimate of drug-likeness (QED) is 0.791. The van der Waals surface area contributed by atoms with Gasteiger partial charge in [-0.25, -0.2) is 0 Å². The molecule has 0 unspecified atom stereocenters. The highest BCUT2D eigenvalue weighted by Crippen LogP contribution is 2.30. The first kappa shape index (κ1) is 10.7. The van der Waals surface area contributed by atoms with Crippen LogP contribution in [0.5, 0.6) is 5.75 Å². The third-order valence-electron chi connectivity index (χ3n) is 2.76. The van der Waals surface area contributed by atoms with Crippen molar-refractivity contribution in [3.8, 4) is 16.9 Å². The van der Waals surface area contributed by atoms with Crippen LogP contribution in [0.4, 0.5) is 0 Å². The molecule has 0 fully saturated rings. The summed E-state index contributed by atoms with van der Waals surface area (Å²) >= 11 is 0. The molecule has 1 nitrogen and oxygen atoms in total. The van der Waals surface area contributed by atoms with Crippen molar-refractivity contribution in [2.75, 3.05) is 0 Å². The maximum Gasteiger partial charge on any atom is 0.119 e. The van der Waals surface area contributed by atoms with E-state index in [4.69, 9.17) is 0 Å². The van der Waals surface area contributed by atoms with Gasteiger partial charge in [-0.15, -0.1) is 0 Å². The number of phenols is 1. The minimum absolute atomic E-state index is 0.337. The van der Waals surface area contributed by atoms with Gasteiger partial charge in [0.2, 0.25) is 0 Å². The smallest absolute Gasteiger partial charge is 0.119 e.